The smallest absolute Gasteiger partial charge is 0.262 e. The predicted molar refractivity (Wildman–Crippen MR) is 116 cm³/mol. The second-order valence-electron chi connectivity index (χ2n) is 6.76. The lowest BCUT2D eigenvalue weighted by Crippen LogP contribution is -2.20. The molecular formula is C24H22N2O4. The molecule has 1 amide bonds. The number of para-hydroxylation sites is 1. The third kappa shape index (κ3) is 4.43. The van der Waals surface area contributed by atoms with E-state index in [9.17, 15) is 4.79 Å². The third-order valence-electron chi connectivity index (χ3n) is 4.54. The molecule has 4 rings (SSSR count). The largest absolute Gasteiger partial charge is 0.494 e. The molecule has 6 nitrogen and oxygen atoms in total. The number of carbonyl (C=O) groups is 1. The Bertz CT molecular complexity index is 1170. The van der Waals surface area contributed by atoms with Crippen LogP contribution in [-0.4, -0.2) is 24.1 Å². The molecule has 1 aromatic heterocycles. The molecule has 0 saturated carbocycles. The van der Waals surface area contributed by atoms with E-state index in [0.29, 0.717) is 35.0 Å². The summed E-state index contributed by atoms with van der Waals surface area (Å²) < 4.78 is 16.9. The van der Waals surface area contributed by atoms with Gasteiger partial charge >= 0.3 is 0 Å². The molecule has 0 saturated heterocycles. The number of hydrogen-bond acceptors (Lipinski definition) is 5. The number of amides is 1. The van der Waals surface area contributed by atoms with Gasteiger partial charge in [0.05, 0.1) is 6.61 Å². The zero-order valence-corrected chi connectivity index (χ0v) is 16.8. The van der Waals surface area contributed by atoms with E-state index < -0.39 is 0 Å². The highest BCUT2D eigenvalue weighted by molar-refractivity contribution is 5.94. The fourth-order valence-corrected chi connectivity index (χ4v) is 3.05. The third-order valence-corrected chi connectivity index (χ3v) is 4.54. The average molecular weight is 402 g/mol. The maximum atomic E-state index is 12.3. The first-order valence-corrected chi connectivity index (χ1v) is 9.74. The van der Waals surface area contributed by atoms with Crippen molar-refractivity contribution in [3.63, 3.8) is 0 Å². The number of ether oxygens (including phenoxy) is 2. The van der Waals surface area contributed by atoms with Crippen molar-refractivity contribution in [2.45, 2.75) is 13.8 Å². The fourth-order valence-electron chi connectivity index (χ4n) is 3.05. The molecule has 0 aliphatic heterocycles. The van der Waals surface area contributed by atoms with Gasteiger partial charge in [0.15, 0.2) is 12.2 Å². The standard InChI is InChI=1S/C24H22N2O4/c1-3-28-19-11-8-17(9-12-19)24-26-20-14-18(10-13-22(20)30-24)25-23(27)15-29-21-7-5-4-6-16(21)2/h4-14H,3,15H2,1-2H3,(H,25,27). The zero-order valence-electron chi connectivity index (χ0n) is 16.8. The van der Waals surface area contributed by atoms with Crippen molar-refractivity contribution in [1.29, 1.82) is 0 Å². The van der Waals surface area contributed by atoms with Crippen molar-refractivity contribution >= 4 is 22.7 Å². The lowest BCUT2D eigenvalue weighted by molar-refractivity contribution is -0.118. The van der Waals surface area contributed by atoms with Crippen molar-refractivity contribution in [3.05, 3.63) is 72.3 Å². The summed E-state index contributed by atoms with van der Waals surface area (Å²) in [5.41, 5.74) is 3.78. The highest BCUT2D eigenvalue weighted by atomic mass is 16.5. The normalized spacial score (nSPS) is 10.7. The molecule has 152 valence electrons. The molecule has 0 unspecified atom stereocenters. The van der Waals surface area contributed by atoms with E-state index in [2.05, 4.69) is 10.3 Å². The summed E-state index contributed by atoms with van der Waals surface area (Å²) in [6, 6.07) is 20.5. The van der Waals surface area contributed by atoms with Crippen LogP contribution in [0.15, 0.2) is 71.1 Å². The van der Waals surface area contributed by atoms with Gasteiger partial charge < -0.3 is 19.2 Å². The van der Waals surface area contributed by atoms with E-state index in [1.54, 1.807) is 18.2 Å². The van der Waals surface area contributed by atoms with Gasteiger partial charge in [-0.05, 0) is 67.9 Å². The van der Waals surface area contributed by atoms with Crippen LogP contribution in [0.3, 0.4) is 0 Å². The second kappa shape index (κ2) is 8.69. The van der Waals surface area contributed by atoms with Gasteiger partial charge in [-0.1, -0.05) is 18.2 Å². The number of rotatable bonds is 7. The maximum Gasteiger partial charge on any atom is 0.262 e. The minimum absolute atomic E-state index is 0.0703. The Hall–Kier alpha value is -3.80. The minimum Gasteiger partial charge on any atom is -0.494 e. The van der Waals surface area contributed by atoms with Crippen LogP contribution < -0.4 is 14.8 Å². The number of oxazole rings is 1. The van der Waals surface area contributed by atoms with Gasteiger partial charge in [-0.2, -0.15) is 0 Å². The number of carbonyl (C=O) groups excluding carboxylic acids is 1. The van der Waals surface area contributed by atoms with E-state index in [4.69, 9.17) is 13.9 Å². The van der Waals surface area contributed by atoms with Crippen molar-refractivity contribution in [3.8, 4) is 23.0 Å². The minimum atomic E-state index is -0.243. The molecule has 6 heteroatoms. The summed E-state index contributed by atoms with van der Waals surface area (Å²) in [6.45, 7) is 4.43. The van der Waals surface area contributed by atoms with E-state index in [1.807, 2.05) is 62.4 Å². The Morgan fingerprint density at radius 3 is 2.60 bits per heavy atom. The van der Waals surface area contributed by atoms with Gasteiger partial charge in [0, 0.05) is 11.3 Å². The summed E-state index contributed by atoms with van der Waals surface area (Å²) in [7, 11) is 0. The lowest BCUT2D eigenvalue weighted by Gasteiger charge is -2.09. The summed E-state index contributed by atoms with van der Waals surface area (Å²) in [5, 5.41) is 2.83. The summed E-state index contributed by atoms with van der Waals surface area (Å²) in [4.78, 5) is 16.8. The van der Waals surface area contributed by atoms with Crippen LogP contribution in [0.1, 0.15) is 12.5 Å². The van der Waals surface area contributed by atoms with Gasteiger partial charge in [-0.3, -0.25) is 4.79 Å². The molecule has 0 aliphatic rings. The number of fused-ring (bicyclic) bond motifs is 1. The van der Waals surface area contributed by atoms with Crippen molar-refractivity contribution < 1.29 is 18.7 Å². The number of hydrogen-bond donors (Lipinski definition) is 1. The summed E-state index contributed by atoms with van der Waals surface area (Å²) >= 11 is 0. The van der Waals surface area contributed by atoms with Gasteiger partial charge in [-0.15, -0.1) is 0 Å². The molecule has 0 spiro atoms. The van der Waals surface area contributed by atoms with Crippen LogP contribution in [0.5, 0.6) is 11.5 Å². The highest BCUT2D eigenvalue weighted by Crippen LogP contribution is 2.27. The molecule has 0 radical (unpaired) electrons. The SMILES string of the molecule is CCOc1ccc(-c2nc3cc(NC(=O)COc4ccccc4C)ccc3o2)cc1. The monoisotopic (exact) mass is 402 g/mol. The highest BCUT2D eigenvalue weighted by Gasteiger charge is 2.11. The molecule has 0 aliphatic carbocycles. The first kappa shape index (κ1) is 19.5. The number of benzene rings is 3. The summed E-state index contributed by atoms with van der Waals surface area (Å²) in [5.74, 6) is 1.77. The molecule has 1 heterocycles. The van der Waals surface area contributed by atoms with Crippen molar-refractivity contribution in [1.82, 2.24) is 4.98 Å². The van der Waals surface area contributed by atoms with Crippen LogP contribution in [0.25, 0.3) is 22.6 Å². The van der Waals surface area contributed by atoms with Crippen molar-refractivity contribution in [2.75, 3.05) is 18.5 Å². The van der Waals surface area contributed by atoms with Crippen LogP contribution in [0.4, 0.5) is 5.69 Å². The second-order valence-corrected chi connectivity index (χ2v) is 6.76. The topological polar surface area (TPSA) is 73.6 Å². The number of nitrogens with one attached hydrogen (secondary N) is 1. The fraction of sp³-hybridized carbons (Fsp3) is 0.167. The average Bonchev–Trinajstić information content (AvgIpc) is 3.17. The van der Waals surface area contributed by atoms with E-state index >= 15 is 0 Å². The molecular weight excluding hydrogens is 380 g/mol. The van der Waals surface area contributed by atoms with Crippen LogP contribution in [0.2, 0.25) is 0 Å². The Morgan fingerprint density at radius 1 is 1.03 bits per heavy atom. The molecule has 1 N–H and O–H groups in total. The van der Waals surface area contributed by atoms with E-state index in [0.717, 1.165) is 16.9 Å². The number of anilines is 1. The Morgan fingerprint density at radius 2 is 1.83 bits per heavy atom. The van der Waals surface area contributed by atoms with Crippen LogP contribution >= 0.6 is 0 Å². The number of aromatic nitrogens is 1. The van der Waals surface area contributed by atoms with Gasteiger partial charge in [0.1, 0.15) is 17.0 Å². The Kier molecular flexibility index (Phi) is 5.66. The quantitative estimate of drug-likeness (QED) is 0.459. The number of aryl methyl sites for hydroxylation is 1. The first-order valence-electron chi connectivity index (χ1n) is 9.74. The molecule has 3 aromatic carbocycles. The molecule has 30 heavy (non-hydrogen) atoms. The van der Waals surface area contributed by atoms with Gasteiger partial charge in [-0.25, -0.2) is 4.98 Å². The van der Waals surface area contributed by atoms with Crippen LogP contribution in [-0.2, 0) is 4.79 Å². The van der Waals surface area contributed by atoms with Crippen molar-refractivity contribution in [2.24, 2.45) is 0 Å². The van der Waals surface area contributed by atoms with Gasteiger partial charge in [0.25, 0.3) is 5.91 Å². The molecule has 4 aromatic rings. The van der Waals surface area contributed by atoms with Gasteiger partial charge in [0.2, 0.25) is 5.89 Å². The maximum absolute atomic E-state index is 12.3. The predicted octanol–water partition coefficient (Wildman–Crippen LogP) is 5.22. The van der Waals surface area contributed by atoms with E-state index in [-0.39, 0.29) is 12.5 Å². The summed E-state index contributed by atoms with van der Waals surface area (Å²) in [6.07, 6.45) is 0. The molecule has 0 atom stereocenters. The van der Waals surface area contributed by atoms with E-state index in [1.165, 1.54) is 0 Å². The lowest BCUT2D eigenvalue weighted by atomic mass is 10.2. The Labute approximate surface area is 174 Å². The van der Waals surface area contributed by atoms with Crippen LogP contribution in [0, 0.1) is 6.92 Å². The molecule has 0 bridgehead atoms. The number of nitrogens with zero attached hydrogens (tertiary/aromatic N) is 1. The zero-order chi connectivity index (χ0) is 20.9. The molecule has 0 fully saturated rings. The Balaban J connectivity index is 1.44. The first-order chi connectivity index (χ1) is 14.6.